The van der Waals surface area contributed by atoms with E-state index in [1.54, 1.807) is 0 Å². The van der Waals surface area contributed by atoms with Gasteiger partial charge in [0, 0.05) is 12.2 Å². The first-order chi connectivity index (χ1) is 8.04. The first-order valence-electron chi connectivity index (χ1n) is 5.13. The van der Waals surface area contributed by atoms with Gasteiger partial charge < -0.3 is 14.6 Å². The van der Waals surface area contributed by atoms with Crippen molar-refractivity contribution in [1.82, 2.24) is 0 Å². The molecule has 0 atom stereocenters. The third kappa shape index (κ3) is 2.31. The van der Waals surface area contributed by atoms with Crippen LogP contribution in [-0.4, -0.2) is 18.5 Å². The van der Waals surface area contributed by atoms with Gasteiger partial charge >= 0.3 is 6.18 Å². The molecule has 0 aromatic heterocycles. The van der Waals surface area contributed by atoms with E-state index in [4.69, 9.17) is 14.6 Å². The Morgan fingerprint density at radius 1 is 1.24 bits per heavy atom. The van der Waals surface area contributed by atoms with Crippen molar-refractivity contribution >= 4 is 0 Å². The Morgan fingerprint density at radius 3 is 2.65 bits per heavy atom. The van der Waals surface area contributed by atoms with Crippen molar-refractivity contribution in [3.8, 4) is 11.5 Å². The predicted octanol–water partition coefficient (Wildman–Crippen LogP) is 2.36. The first kappa shape index (κ1) is 12.0. The van der Waals surface area contributed by atoms with E-state index >= 15 is 0 Å². The molecule has 0 fully saturated rings. The third-order valence-electron chi connectivity index (χ3n) is 2.53. The van der Waals surface area contributed by atoms with Crippen LogP contribution in [-0.2, 0) is 12.6 Å². The SMILES string of the molecule is OCCCc1c(C(F)(F)F)ccc2c1OCO2. The fourth-order valence-corrected chi connectivity index (χ4v) is 1.80. The van der Waals surface area contributed by atoms with E-state index in [1.165, 1.54) is 6.07 Å². The van der Waals surface area contributed by atoms with Crippen LogP contribution >= 0.6 is 0 Å². The molecule has 1 aromatic carbocycles. The van der Waals surface area contributed by atoms with Gasteiger partial charge in [0.25, 0.3) is 0 Å². The molecule has 0 spiro atoms. The molecule has 0 bridgehead atoms. The summed E-state index contributed by atoms with van der Waals surface area (Å²) < 4.78 is 48.4. The zero-order chi connectivity index (χ0) is 12.5. The van der Waals surface area contributed by atoms with E-state index in [1.807, 2.05) is 0 Å². The van der Waals surface area contributed by atoms with Crippen LogP contribution in [0, 0.1) is 0 Å². The number of aliphatic hydroxyl groups excluding tert-OH is 1. The van der Waals surface area contributed by atoms with Gasteiger partial charge in [-0.15, -0.1) is 0 Å². The van der Waals surface area contributed by atoms with E-state index < -0.39 is 11.7 Å². The third-order valence-corrected chi connectivity index (χ3v) is 2.53. The quantitative estimate of drug-likeness (QED) is 0.892. The molecule has 0 aliphatic carbocycles. The lowest BCUT2D eigenvalue weighted by molar-refractivity contribution is -0.138. The van der Waals surface area contributed by atoms with Crippen molar-refractivity contribution in [2.24, 2.45) is 0 Å². The second-order valence-corrected chi connectivity index (χ2v) is 3.65. The van der Waals surface area contributed by atoms with Gasteiger partial charge in [-0.3, -0.25) is 0 Å². The molecule has 0 saturated heterocycles. The average molecular weight is 248 g/mol. The summed E-state index contributed by atoms with van der Waals surface area (Å²) in [6, 6.07) is 2.24. The number of hydrogen-bond donors (Lipinski definition) is 1. The number of ether oxygens (including phenoxy) is 2. The minimum Gasteiger partial charge on any atom is -0.454 e. The number of fused-ring (bicyclic) bond motifs is 1. The summed E-state index contributed by atoms with van der Waals surface area (Å²) in [6.07, 6.45) is -4.06. The summed E-state index contributed by atoms with van der Waals surface area (Å²) in [5.74, 6) is 0.471. The van der Waals surface area contributed by atoms with Crippen molar-refractivity contribution in [3.63, 3.8) is 0 Å². The summed E-state index contributed by atoms with van der Waals surface area (Å²) in [6.45, 7) is -0.232. The summed E-state index contributed by atoms with van der Waals surface area (Å²) in [5.41, 5.74) is -0.670. The molecule has 1 heterocycles. The lowest BCUT2D eigenvalue weighted by atomic mass is 10.0. The molecular formula is C11H11F3O3. The van der Waals surface area contributed by atoms with Crippen molar-refractivity contribution in [1.29, 1.82) is 0 Å². The number of alkyl halides is 3. The normalized spacial score (nSPS) is 14.1. The fourth-order valence-electron chi connectivity index (χ4n) is 1.80. The van der Waals surface area contributed by atoms with E-state index in [0.717, 1.165) is 6.07 Å². The van der Waals surface area contributed by atoms with E-state index in [2.05, 4.69) is 0 Å². The van der Waals surface area contributed by atoms with E-state index in [-0.39, 0.29) is 37.6 Å². The molecule has 17 heavy (non-hydrogen) atoms. The molecular weight excluding hydrogens is 237 g/mol. The van der Waals surface area contributed by atoms with Gasteiger partial charge in [0.1, 0.15) is 0 Å². The van der Waals surface area contributed by atoms with Crippen molar-refractivity contribution < 1.29 is 27.8 Å². The number of hydrogen-bond acceptors (Lipinski definition) is 3. The molecule has 6 heteroatoms. The maximum atomic E-state index is 12.8. The second kappa shape index (κ2) is 4.44. The van der Waals surface area contributed by atoms with Crippen LogP contribution in [0.15, 0.2) is 12.1 Å². The van der Waals surface area contributed by atoms with Crippen LogP contribution < -0.4 is 9.47 Å². The highest BCUT2D eigenvalue weighted by Crippen LogP contribution is 2.43. The monoisotopic (exact) mass is 248 g/mol. The summed E-state index contributed by atoms with van der Waals surface area (Å²) in [5, 5.41) is 8.72. The van der Waals surface area contributed by atoms with Crippen LogP contribution in [0.3, 0.4) is 0 Å². The first-order valence-corrected chi connectivity index (χ1v) is 5.13. The largest absolute Gasteiger partial charge is 0.454 e. The Hall–Kier alpha value is -1.43. The predicted molar refractivity (Wildman–Crippen MR) is 53.0 cm³/mol. The van der Waals surface area contributed by atoms with Crippen LogP contribution in [0.25, 0.3) is 0 Å². The Kier molecular flexibility index (Phi) is 3.15. The Labute approximate surface area is 95.8 Å². The molecule has 0 unspecified atom stereocenters. The van der Waals surface area contributed by atoms with Crippen LogP contribution in [0.1, 0.15) is 17.5 Å². The Balaban J connectivity index is 2.45. The molecule has 0 radical (unpaired) electrons. The highest BCUT2D eigenvalue weighted by Gasteiger charge is 2.36. The summed E-state index contributed by atoms with van der Waals surface area (Å²) in [4.78, 5) is 0. The Bertz CT molecular complexity index is 415. The van der Waals surface area contributed by atoms with Gasteiger partial charge in [-0.25, -0.2) is 0 Å². The van der Waals surface area contributed by atoms with Gasteiger partial charge in [-0.1, -0.05) is 0 Å². The van der Waals surface area contributed by atoms with Gasteiger partial charge in [-0.05, 0) is 25.0 Å². The van der Waals surface area contributed by atoms with Gasteiger partial charge in [0.2, 0.25) is 6.79 Å². The van der Waals surface area contributed by atoms with Gasteiger partial charge in [-0.2, -0.15) is 13.2 Å². The highest BCUT2D eigenvalue weighted by molar-refractivity contribution is 5.53. The molecule has 1 N–H and O–H groups in total. The maximum Gasteiger partial charge on any atom is 0.416 e. The standard InChI is InChI=1S/C11H11F3O3/c12-11(13,14)8-3-4-9-10(17-6-16-9)7(8)2-1-5-15/h3-4,15H,1-2,5-6H2. The molecule has 1 aliphatic rings. The maximum absolute atomic E-state index is 12.8. The molecule has 1 aromatic rings. The lowest BCUT2D eigenvalue weighted by Crippen LogP contribution is -2.10. The molecule has 0 saturated carbocycles. The lowest BCUT2D eigenvalue weighted by Gasteiger charge is -2.14. The molecule has 1 aliphatic heterocycles. The highest BCUT2D eigenvalue weighted by atomic mass is 19.4. The van der Waals surface area contributed by atoms with Crippen molar-refractivity contribution in [3.05, 3.63) is 23.3 Å². The van der Waals surface area contributed by atoms with Crippen molar-refractivity contribution in [2.75, 3.05) is 13.4 Å². The molecule has 94 valence electrons. The summed E-state index contributed by atoms with van der Waals surface area (Å²) in [7, 11) is 0. The summed E-state index contributed by atoms with van der Waals surface area (Å²) >= 11 is 0. The van der Waals surface area contributed by atoms with Crippen LogP contribution in [0.5, 0.6) is 11.5 Å². The van der Waals surface area contributed by atoms with E-state index in [9.17, 15) is 13.2 Å². The number of halogens is 3. The topological polar surface area (TPSA) is 38.7 Å². The smallest absolute Gasteiger partial charge is 0.416 e. The van der Waals surface area contributed by atoms with Crippen LogP contribution in [0.4, 0.5) is 13.2 Å². The zero-order valence-corrected chi connectivity index (χ0v) is 8.88. The van der Waals surface area contributed by atoms with Gasteiger partial charge in [0.15, 0.2) is 11.5 Å². The minimum absolute atomic E-state index is 0.0570. The zero-order valence-electron chi connectivity index (χ0n) is 8.88. The second-order valence-electron chi connectivity index (χ2n) is 3.65. The molecule has 0 amide bonds. The number of benzene rings is 1. The van der Waals surface area contributed by atoms with Gasteiger partial charge in [0.05, 0.1) is 5.56 Å². The Morgan fingerprint density at radius 2 is 2.00 bits per heavy atom. The minimum atomic E-state index is -4.42. The molecule has 3 nitrogen and oxygen atoms in total. The van der Waals surface area contributed by atoms with E-state index in [0.29, 0.717) is 5.75 Å². The molecule has 2 rings (SSSR count). The van der Waals surface area contributed by atoms with Crippen LogP contribution in [0.2, 0.25) is 0 Å². The number of aliphatic hydroxyl groups is 1. The average Bonchev–Trinajstić information content (AvgIpc) is 2.72. The number of rotatable bonds is 3. The van der Waals surface area contributed by atoms with Crippen molar-refractivity contribution in [2.45, 2.75) is 19.0 Å². The fraction of sp³-hybridized carbons (Fsp3) is 0.455.